The molecule has 21 heavy (non-hydrogen) atoms. The summed E-state index contributed by atoms with van der Waals surface area (Å²) in [6, 6.07) is 4.44. The molecule has 2 rings (SSSR count). The van der Waals surface area contributed by atoms with Gasteiger partial charge in [0.05, 0.1) is 0 Å². The minimum absolute atomic E-state index is 0.00550. The van der Waals surface area contributed by atoms with E-state index >= 15 is 0 Å². The Kier molecular flexibility index (Phi) is 5.27. The van der Waals surface area contributed by atoms with Crippen LogP contribution in [0.3, 0.4) is 0 Å². The first kappa shape index (κ1) is 15.9. The van der Waals surface area contributed by atoms with Gasteiger partial charge >= 0.3 is 0 Å². The van der Waals surface area contributed by atoms with Crippen molar-refractivity contribution >= 4 is 5.91 Å². The average molecular weight is 289 g/mol. The highest BCUT2D eigenvalue weighted by Gasteiger charge is 2.23. The van der Waals surface area contributed by atoms with Crippen molar-refractivity contribution in [2.24, 2.45) is 5.92 Å². The Hall–Kier alpha value is -1.51. The van der Waals surface area contributed by atoms with E-state index in [1.807, 2.05) is 19.9 Å². The monoisotopic (exact) mass is 289 g/mol. The van der Waals surface area contributed by atoms with Gasteiger partial charge < -0.3 is 10.1 Å². The van der Waals surface area contributed by atoms with Gasteiger partial charge in [-0.25, -0.2) is 0 Å². The van der Waals surface area contributed by atoms with Crippen LogP contribution in [0.1, 0.15) is 49.3 Å². The number of rotatable bonds is 4. The van der Waals surface area contributed by atoms with E-state index in [2.05, 4.69) is 25.2 Å². The summed E-state index contributed by atoms with van der Waals surface area (Å²) in [4.78, 5) is 12.1. The minimum Gasteiger partial charge on any atom is -0.483 e. The first-order valence-corrected chi connectivity index (χ1v) is 7.98. The minimum atomic E-state index is -0.00550. The van der Waals surface area contributed by atoms with Gasteiger partial charge in [0.2, 0.25) is 0 Å². The van der Waals surface area contributed by atoms with Gasteiger partial charge in [-0.3, -0.25) is 4.79 Å². The normalized spacial score (nSPS) is 21.9. The Bertz CT molecular complexity index is 510. The smallest absolute Gasteiger partial charge is 0.258 e. The molecule has 0 radical (unpaired) electrons. The highest BCUT2D eigenvalue weighted by atomic mass is 16.5. The summed E-state index contributed by atoms with van der Waals surface area (Å²) in [6.45, 7) is 8.45. The van der Waals surface area contributed by atoms with Crippen molar-refractivity contribution in [3.63, 3.8) is 0 Å². The number of hydrogen-bond donors (Lipinski definition) is 1. The number of benzene rings is 1. The lowest BCUT2D eigenvalue weighted by molar-refractivity contribution is -0.124. The van der Waals surface area contributed by atoms with E-state index in [9.17, 15) is 4.79 Å². The summed E-state index contributed by atoms with van der Waals surface area (Å²) >= 11 is 0. The Morgan fingerprint density at radius 2 is 1.86 bits per heavy atom. The molecule has 0 saturated heterocycles. The summed E-state index contributed by atoms with van der Waals surface area (Å²) in [7, 11) is 0. The average Bonchev–Trinajstić information content (AvgIpc) is 2.45. The van der Waals surface area contributed by atoms with Gasteiger partial charge in [0, 0.05) is 6.04 Å². The first-order valence-electron chi connectivity index (χ1n) is 7.98. The van der Waals surface area contributed by atoms with E-state index < -0.39 is 0 Å². The number of aryl methyl sites for hydroxylation is 2. The summed E-state index contributed by atoms with van der Waals surface area (Å²) in [5.41, 5.74) is 3.39. The Labute approximate surface area is 128 Å². The topological polar surface area (TPSA) is 38.3 Å². The fraction of sp³-hybridized carbons (Fsp3) is 0.611. The van der Waals surface area contributed by atoms with Gasteiger partial charge in [-0.05, 0) is 56.2 Å². The molecule has 0 aromatic heterocycles. The van der Waals surface area contributed by atoms with Crippen LogP contribution >= 0.6 is 0 Å². The number of amides is 1. The van der Waals surface area contributed by atoms with Crippen LogP contribution in [0.4, 0.5) is 0 Å². The summed E-state index contributed by atoms with van der Waals surface area (Å²) < 4.78 is 5.77. The zero-order valence-electron chi connectivity index (χ0n) is 13.7. The van der Waals surface area contributed by atoms with Crippen molar-refractivity contribution in [1.29, 1.82) is 0 Å². The molecule has 0 spiro atoms. The van der Waals surface area contributed by atoms with Gasteiger partial charge in [-0.15, -0.1) is 0 Å². The predicted octanol–water partition coefficient (Wildman–Crippen LogP) is 3.69. The predicted molar refractivity (Wildman–Crippen MR) is 85.7 cm³/mol. The molecule has 3 nitrogen and oxygen atoms in total. The van der Waals surface area contributed by atoms with Gasteiger partial charge in [0.15, 0.2) is 6.61 Å². The third kappa shape index (κ3) is 3.99. The molecule has 1 fully saturated rings. The molecule has 1 aromatic carbocycles. The van der Waals surface area contributed by atoms with Crippen LogP contribution < -0.4 is 10.1 Å². The molecule has 3 heteroatoms. The number of ether oxygens (including phenoxy) is 1. The maximum atomic E-state index is 12.1. The summed E-state index contributed by atoms with van der Waals surface area (Å²) in [5, 5.41) is 3.13. The Balaban J connectivity index is 1.91. The van der Waals surface area contributed by atoms with E-state index in [4.69, 9.17) is 4.74 Å². The third-order valence-electron chi connectivity index (χ3n) is 4.68. The van der Waals surface area contributed by atoms with Crippen molar-refractivity contribution in [2.75, 3.05) is 6.61 Å². The van der Waals surface area contributed by atoms with Crippen LogP contribution in [0, 0.1) is 26.7 Å². The van der Waals surface area contributed by atoms with Crippen LogP contribution in [-0.2, 0) is 4.79 Å². The highest BCUT2D eigenvalue weighted by Crippen LogP contribution is 2.26. The molecular formula is C18H27NO2. The second-order valence-corrected chi connectivity index (χ2v) is 6.38. The second kappa shape index (κ2) is 6.97. The lowest BCUT2D eigenvalue weighted by atomic mass is 9.86. The van der Waals surface area contributed by atoms with Crippen LogP contribution in [-0.4, -0.2) is 18.6 Å². The zero-order chi connectivity index (χ0) is 15.4. The van der Waals surface area contributed by atoms with E-state index in [0.717, 1.165) is 23.3 Å². The number of carbonyl (C=O) groups is 1. The quantitative estimate of drug-likeness (QED) is 0.918. The van der Waals surface area contributed by atoms with Crippen molar-refractivity contribution in [2.45, 2.75) is 59.4 Å². The first-order chi connectivity index (χ1) is 9.99. The highest BCUT2D eigenvalue weighted by molar-refractivity contribution is 5.78. The Morgan fingerprint density at radius 3 is 2.57 bits per heavy atom. The van der Waals surface area contributed by atoms with Crippen molar-refractivity contribution < 1.29 is 9.53 Å². The van der Waals surface area contributed by atoms with Crippen LogP contribution in [0.2, 0.25) is 0 Å². The number of hydrogen-bond acceptors (Lipinski definition) is 2. The van der Waals surface area contributed by atoms with Crippen molar-refractivity contribution in [3.8, 4) is 5.75 Å². The molecule has 1 saturated carbocycles. The van der Waals surface area contributed by atoms with E-state index in [-0.39, 0.29) is 12.5 Å². The van der Waals surface area contributed by atoms with Gasteiger partial charge in [0.25, 0.3) is 5.91 Å². The summed E-state index contributed by atoms with van der Waals surface area (Å²) in [5.74, 6) is 1.42. The number of carbonyl (C=O) groups excluding carboxylic acids is 1. The maximum absolute atomic E-state index is 12.1. The molecule has 1 N–H and O–H groups in total. The second-order valence-electron chi connectivity index (χ2n) is 6.38. The Morgan fingerprint density at radius 1 is 1.19 bits per heavy atom. The molecule has 116 valence electrons. The molecule has 0 bridgehead atoms. The maximum Gasteiger partial charge on any atom is 0.258 e. The third-order valence-corrected chi connectivity index (χ3v) is 4.68. The van der Waals surface area contributed by atoms with Crippen LogP contribution in [0.25, 0.3) is 0 Å². The lowest BCUT2D eigenvalue weighted by Crippen LogP contribution is -2.43. The molecular weight excluding hydrogens is 262 g/mol. The molecule has 2 unspecified atom stereocenters. The van der Waals surface area contributed by atoms with E-state index in [1.165, 1.54) is 24.8 Å². The van der Waals surface area contributed by atoms with Gasteiger partial charge in [-0.1, -0.05) is 31.9 Å². The molecule has 1 amide bonds. The molecule has 1 aliphatic carbocycles. The standard InChI is InChI=1S/C18H27NO2/c1-12-9-10-14(3)18(15(12)4)21-11-17(20)19-16-8-6-5-7-13(16)2/h9-10,13,16H,5-8,11H2,1-4H3,(H,19,20). The molecule has 2 atom stereocenters. The fourth-order valence-corrected chi connectivity index (χ4v) is 3.06. The van der Waals surface area contributed by atoms with Gasteiger partial charge in [-0.2, -0.15) is 0 Å². The van der Waals surface area contributed by atoms with Crippen molar-refractivity contribution in [1.82, 2.24) is 5.32 Å². The van der Waals surface area contributed by atoms with E-state index in [1.54, 1.807) is 0 Å². The largest absolute Gasteiger partial charge is 0.483 e. The SMILES string of the molecule is Cc1ccc(C)c(OCC(=O)NC2CCCCC2C)c1C. The number of nitrogens with one attached hydrogen (secondary N) is 1. The molecule has 0 heterocycles. The molecule has 0 aliphatic heterocycles. The van der Waals surface area contributed by atoms with Gasteiger partial charge in [0.1, 0.15) is 5.75 Å². The molecule has 1 aliphatic rings. The van der Waals surface area contributed by atoms with Crippen LogP contribution in [0.5, 0.6) is 5.75 Å². The zero-order valence-corrected chi connectivity index (χ0v) is 13.7. The molecule has 1 aromatic rings. The van der Waals surface area contributed by atoms with Crippen molar-refractivity contribution in [3.05, 3.63) is 28.8 Å². The van der Waals surface area contributed by atoms with E-state index in [0.29, 0.717) is 12.0 Å². The summed E-state index contributed by atoms with van der Waals surface area (Å²) in [6.07, 6.45) is 4.80. The lowest BCUT2D eigenvalue weighted by Gasteiger charge is -2.29. The fourth-order valence-electron chi connectivity index (χ4n) is 3.06. The van der Waals surface area contributed by atoms with Crippen LogP contribution in [0.15, 0.2) is 12.1 Å².